The lowest BCUT2D eigenvalue weighted by molar-refractivity contribution is 0.317. The van der Waals surface area contributed by atoms with Gasteiger partial charge in [0.25, 0.3) is 0 Å². The van der Waals surface area contributed by atoms with Gasteiger partial charge in [0.15, 0.2) is 5.82 Å². The number of hydrogen-bond acceptors (Lipinski definition) is 4. The van der Waals surface area contributed by atoms with Gasteiger partial charge in [0.1, 0.15) is 0 Å². The van der Waals surface area contributed by atoms with Crippen molar-refractivity contribution in [2.45, 2.75) is 51.5 Å². The lowest BCUT2D eigenvalue weighted by atomic mass is 9.83. The maximum atomic E-state index is 5.27. The van der Waals surface area contributed by atoms with Gasteiger partial charge in [-0.15, -0.1) is 0 Å². The molecule has 1 unspecified atom stereocenters. The zero-order valence-electron chi connectivity index (χ0n) is 10.4. The average molecular weight is 223 g/mol. The van der Waals surface area contributed by atoms with E-state index in [2.05, 4.69) is 22.4 Å². The maximum Gasteiger partial charge on any atom is 0.243 e. The molecule has 1 aliphatic carbocycles. The highest BCUT2D eigenvalue weighted by Crippen LogP contribution is 2.34. The van der Waals surface area contributed by atoms with E-state index in [-0.39, 0.29) is 6.04 Å². The monoisotopic (exact) mass is 223 g/mol. The van der Waals surface area contributed by atoms with Crippen molar-refractivity contribution in [3.05, 3.63) is 11.7 Å². The summed E-state index contributed by atoms with van der Waals surface area (Å²) >= 11 is 0. The molecule has 1 N–H and O–H groups in total. The standard InChI is InChI=1S/C12H21N3O/c1-8-4-6-10(7-5-8)11-14-12(16-15-11)9(2)13-3/h8-10,13H,4-7H2,1-3H3. The van der Waals surface area contributed by atoms with Crippen LogP contribution in [0.3, 0.4) is 0 Å². The van der Waals surface area contributed by atoms with Crippen LogP contribution >= 0.6 is 0 Å². The molecule has 1 heterocycles. The molecule has 1 saturated carbocycles. The lowest BCUT2D eigenvalue weighted by Crippen LogP contribution is -2.14. The van der Waals surface area contributed by atoms with Crippen molar-refractivity contribution in [3.63, 3.8) is 0 Å². The summed E-state index contributed by atoms with van der Waals surface area (Å²) in [6.07, 6.45) is 4.98. The number of aromatic nitrogens is 2. The van der Waals surface area contributed by atoms with Gasteiger partial charge in [-0.2, -0.15) is 4.98 Å². The van der Waals surface area contributed by atoms with Crippen LogP contribution in [0.25, 0.3) is 0 Å². The smallest absolute Gasteiger partial charge is 0.243 e. The van der Waals surface area contributed by atoms with Crippen LogP contribution in [-0.4, -0.2) is 17.2 Å². The third kappa shape index (κ3) is 2.43. The Labute approximate surface area is 96.8 Å². The van der Waals surface area contributed by atoms with Gasteiger partial charge in [-0.05, 0) is 32.7 Å². The molecule has 0 amide bonds. The van der Waals surface area contributed by atoms with E-state index in [4.69, 9.17) is 4.52 Å². The summed E-state index contributed by atoms with van der Waals surface area (Å²) in [6, 6.07) is 0.142. The van der Waals surface area contributed by atoms with Crippen molar-refractivity contribution in [3.8, 4) is 0 Å². The summed E-state index contributed by atoms with van der Waals surface area (Å²) in [5.41, 5.74) is 0. The highest BCUT2D eigenvalue weighted by atomic mass is 16.5. The second kappa shape index (κ2) is 4.95. The highest BCUT2D eigenvalue weighted by Gasteiger charge is 2.24. The Morgan fingerprint density at radius 3 is 2.62 bits per heavy atom. The van der Waals surface area contributed by atoms with Crippen LogP contribution in [0.15, 0.2) is 4.52 Å². The first-order valence-electron chi connectivity index (χ1n) is 6.21. The fourth-order valence-corrected chi connectivity index (χ4v) is 2.23. The molecule has 1 aromatic rings. The van der Waals surface area contributed by atoms with Crippen LogP contribution in [0.1, 0.15) is 63.2 Å². The van der Waals surface area contributed by atoms with Crippen LogP contribution in [0.4, 0.5) is 0 Å². The third-order valence-corrected chi connectivity index (χ3v) is 3.64. The van der Waals surface area contributed by atoms with Crippen LogP contribution in [0.5, 0.6) is 0 Å². The molecule has 1 aliphatic rings. The molecule has 1 aromatic heterocycles. The summed E-state index contributed by atoms with van der Waals surface area (Å²) in [4.78, 5) is 4.49. The third-order valence-electron chi connectivity index (χ3n) is 3.64. The molecular formula is C12H21N3O. The van der Waals surface area contributed by atoms with Crippen LogP contribution in [-0.2, 0) is 0 Å². The molecule has 1 fully saturated rings. The Balaban J connectivity index is 2.01. The number of nitrogens with zero attached hydrogens (tertiary/aromatic N) is 2. The molecule has 0 radical (unpaired) electrons. The first-order valence-corrected chi connectivity index (χ1v) is 6.21. The van der Waals surface area contributed by atoms with Gasteiger partial charge in [-0.3, -0.25) is 0 Å². The SMILES string of the molecule is CNC(C)c1nc(C2CCC(C)CC2)no1. The molecule has 0 bridgehead atoms. The number of hydrogen-bond donors (Lipinski definition) is 1. The molecule has 0 aromatic carbocycles. The minimum atomic E-state index is 0.142. The van der Waals surface area contributed by atoms with Crippen molar-refractivity contribution < 1.29 is 4.52 Å². The van der Waals surface area contributed by atoms with Gasteiger partial charge in [-0.25, -0.2) is 0 Å². The van der Waals surface area contributed by atoms with Crippen molar-refractivity contribution >= 4 is 0 Å². The van der Waals surface area contributed by atoms with Gasteiger partial charge in [0.2, 0.25) is 5.89 Å². The maximum absolute atomic E-state index is 5.27. The van der Waals surface area contributed by atoms with Gasteiger partial charge >= 0.3 is 0 Å². The van der Waals surface area contributed by atoms with Crippen molar-refractivity contribution in [1.29, 1.82) is 0 Å². The van der Waals surface area contributed by atoms with E-state index in [1.165, 1.54) is 25.7 Å². The minimum Gasteiger partial charge on any atom is -0.338 e. The topological polar surface area (TPSA) is 51.0 Å². The van der Waals surface area contributed by atoms with Crippen LogP contribution in [0, 0.1) is 5.92 Å². The van der Waals surface area contributed by atoms with Crippen LogP contribution < -0.4 is 5.32 Å². The Kier molecular flexibility index (Phi) is 3.59. The summed E-state index contributed by atoms with van der Waals surface area (Å²) < 4.78 is 5.27. The summed E-state index contributed by atoms with van der Waals surface area (Å²) in [7, 11) is 1.90. The van der Waals surface area contributed by atoms with E-state index in [1.807, 2.05) is 14.0 Å². The fourth-order valence-electron chi connectivity index (χ4n) is 2.23. The average Bonchev–Trinajstić information content (AvgIpc) is 2.78. The van der Waals surface area contributed by atoms with E-state index in [0.29, 0.717) is 11.8 Å². The zero-order chi connectivity index (χ0) is 11.5. The van der Waals surface area contributed by atoms with Gasteiger partial charge in [0, 0.05) is 5.92 Å². The molecule has 2 rings (SSSR count). The Morgan fingerprint density at radius 2 is 2.00 bits per heavy atom. The minimum absolute atomic E-state index is 0.142. The normalized spacial score (nSPS) is 27.9. The Bertz CT molecular complexity index is 329. The molecular weight excluding hydrogens is 202 g/mol. The highest BCUT2D eigenvalue weighted by molar-refractivity contribution is 4.99. The Morgan fingerprint density at radius 1 is 1.31 bits per heavy atom. The zero-order valence-corrected chi connectivity index (χ0v) is 10.4. The molecule has 1 atom stereocenters. The predicted octanol–water partition coefficient (Wildman–Crippen LogP) is 2.64. The summed E-state index contributed by atoms with van der Waals surface area (Å²) in [6.45, 7) is 4.35. The van der Waals surface area contributed by atoms with E-state index in [1.54, 1.807) is 0 Å². The van der Waals surface area contributed by atoms with Crippen molar-refractivity contribution in [2.24, 2.45) is 5.92 Å². The molecule has 90 valence electrons. The van der Waals surface area contributed by atoms with Gasteiger partial charge in [0.05, 0.1) is 6.04 Å². The van der Waals surface area contributed by atoms with E-state index in [0.717, 1.165) is 11.7 Å². The fraction of sp³-hybridized carbons (Fsp3) is 0.833. The van der Waals surface area contributed by atoms with Crippen molar-refractivity contribution in [1.82, 2.24) is 15.5 Å². The lowest BCUT2D eigenvalue weighted by Gasteiger charge is -2.23. The van der Waals surface area contributed by atoms with Gasteiger partial charge < -0.3 is 9.84 Å². The molecule has 4 nitrogen and oxygen atoms in total. The number of nitrogens with one attached hydrogen (secondary N) is 1. The second-order valence-electron chi connectivity index (χ2n) is 4.96. The molecule has 0 saturated heterocycles. The quantitative estimate of drug-likeness (QED) is 0.855. The molecule has 16 heavy (non-hydrogen) atoms. The second-order valence-corrected chi connectivity index (χ2v) is 4.96. The summed E-state index contributed by atoms with van der Waals surface area (Å²) in [5, 5.41) is 7.22. The van der Waals surface area contributed by atoms with E-state index < -0.39 is 0 Å². The Hall–Kier alpha value is -0.900. The summed E-state index contributed by atoms with van der Waals surface area (Å²) in [5.74, 6) is 2.98. The van der Waals surface area contributed by atoms with E-state index >= 15 is 0 Å². The first-order chi connectivity index (χ1) is 7.70. The molecule has 0 spiro atoms. The number of rotatable bonds is 3. The molecule has 4 heteroatoms. The predicted molar refractivity (Wildman–Crippen MR) is 62.1 cm³/mol. The largest absolute Gasteiger partial charge is 0.338 e. The first kappa shape index (κ1) is 11.6. The van der Waals surface area contributed by atoms with Crippen LogP contribution in [0.2, 0.25) is 0 Å². The van der Waals surface area contributed by atoms with E-state index in [9.17, 15) is 0 Å². The van der Waals surface area contributed by atoms with Crippen molar-refractivity contribution in [2.75, 3.05) is 7.05 Å². The molecule has 0 aliphatic heterocycles. The van der Waals surface area contributed by atoms with Gasteiger partial charge in [-0.1, -0.05) is 24.9 Å².